The molecular formula is C19H28N2O5S. The summed E-state index contributed by atoms with van der Waals surface area (Å²) in [6.45, 7) is 9.33. The fraction of sp³-hybridized carbons (Fsp3) is 0.632. The van der Waals surface area contributed by atoms with Gasteiger partial charge in [-0.3, -0.25) is 9.59 Å². The molecule has 2 unspecified atom stereocenters. The molecule has 0 spiro atoms. The number of allylic oxidation sites excluding steroid dienone is 2. The van der Waals surface area contributed by atoms with Crippen LogP contribution in [0.1, 0.15) is 27.2 Å². The summed E-state index contributed by atoms with van der Waals surface area (Å²) < 4.78 is 4.77. The number of carbonyl (C=O) groups is 3. The molecule has 2 N–H and O–H groups in total. The van der Waals surface area contributed by atoms with Gasteiger partial charge in [0, 0.05) is 18.9 Å². The van der Waals surface area contributed by atoms with Crippen molar-refractivity contribution >= 4 is 29.5 Å². The van der Waals surface area contributed by atoms with Gasteiger partial charge in [0.05, 0.1) is 18.5 Å². The first-order valence-corrected chi connectivity index (χ1v) is 9.85. The van der Waals surface area contributed by atoms with E-state index in [1.165, 1.54) is 23.8 Å². The molecule has 2 aliphatic heterocycles. The van der Waals surface area contributed by atoms with Gasteiger partial charge in [0.2, 0.25) is 11.8 Å². The third-order valence-electron chi connectivity index (χ3n) is 4.84. The number of rotatable bonds is 5. The summed E-state index contributed by atoms with van der Waals surface area (Å²) in [5.74, 6) is -1.31. The normalized spacial score (nSPS) is 28.7. The van der Waals surface area contributed by atoms with Crippen molar-refractivity contribution in [1.82, 2.24) is 10.2 Å². The molecule has 1 saturated heterocycles. The van der Waals surface area contributed by atoms with Crippen LogP contribution in [0, 0.1) is 11.3 Å². The number of nitrogens with zero attached hydrogens (tertiary/aromatic N) is 1. The van der Waals surface area contributed by atoms with Gasteiger partial charge in [-0.15, -0.1) is 18.3 Å². The molecule has 0 radical (unpaired) electrons. The van der Waals surface area contributed by atoms with Gasteiger partial charge in [-0.1, -0.05) is 32.9 Å². The Bertz CT molecular complexity index is 643. The Hall–Kier alpha value is -1.80. The van der Waals surface area contributed by atoms with Gasteiger partial charge in [-0.25, -0.2) is 4.79 Å². The average Bonchev–Trinajstić information content (AvgIpc) is 3.23. The first-order chi connectivity index (χ1) is 12.6. The summed E-state index contributed by atoms with van der Waals surface area (Å²) in [6.07, 6.45) is 2.94. The largest absolute Gasteiger partial charge is 0.467 e. The van der Waals surface area contributed by atoms with Crippen molar-refractivity contribution in [1.29, 1.82) is 0 Å². The maximum atomic E-state index is 13.2. The Morgan fingerprint density at radius 3 is 2.63 bits per heavy atom. The minimum Gasteiger partial charge on any atom is -0.467 e. The van der Waals surface area contributed by atoms with Gasteiger partial charge in [-0.05, 0) is 10.8 Å². The van der Waals surface area contributed by atoms with Crippen molar-refractivity contribution in [2.24, 2.45) is 11.3 Å². The minimum absolute atomic E-state index is 0.0378. The van der Waals surface area contributed by atoms with Gasteiger partial charge < -0.3 is 20.1 Å². The van der Waals surface area contributed by atoms with E-state index in [2.05, 4.69) is 11.9 Å². The number of hydrogen-bond donors (Lipinski definition) is 2. The number of esters is 1. The van der Waals surface area contributed by atoms with E-state index in [-0.39, 0.29) is 30.0 Å². The molecule has 0 aliphatic carbocycles. The number of amides is 2. The Balaban J connectivity index is 2.20. The Labute approximate surface area is 164 Å². The second-order valence-corrected chi connectivity index (χ2v) is 8.98. The van der Waals surface area contributed by atoms with Crippen LogP contribution in [0.2, 0.25) is 0 Å². The van der Waals surface area contributed by atoms with E-state index in [1.54, 1.807) is 6.08 Å². The zero-order chi connectivity index (χ0) is 20.4. The third-order valence-corrected chi connectivity index (χ3v) is 5.98. The van der Waals surface area contributed by atoms with Gasteiger partial charge in [0.15, 0.2) is 0 Å². The maximum absolute atomic E-state index is 13.2. The molecule has 150 valence electrons. The average molecular weight is 397 g/mol. The van der Waals surface area contributed by atoms with Gasteiger partial charge in [0.1, 0.15) is 12.1 Å². The monoisotopic (exact) mass is 396 g/mol. The van der Waals surface area contributed by atoms with E-state index in [0.29, 0.717) is 0 Å². The summed E-state index contributed by atoms with van der Waals surface area (Å²) >= 11 is 1.39. The van der Waals surface area contributed by atoms with Crippen LogP contribution in [-0.4, -0.2) is 64.9 Å². The highest BCUT2D eigenvalue weighted by Crippen LogP contribution is 2.32. The first kappa shape index (κ1) is 21.5. The maximum Gasteiger partial charge on any atom is 0.328 e. The lowest BCUT2D eigenvalue weighted by molar-refractivity contribution is -0.153. The predicted octanol–water partition coefficient (Wildman–Crippen LogP) is 1.08. The van der Waals surface area contributed by atoms with Crippen LogP contribution in [0.15, 0.2) is 24.1 Å². The fourth-order valence-corrected chi connectivity index (χ4v) is 4.32. The summed E-state index contributed by atoms with van der Waals surface area (Å²) in [5.41, 5.74) is -0.582. The van der Waals surface area contributed by atoms with Crippen LogP contribution in [0.25, 0.3) is 0 Å². The number of aliphatic hydroxyl groups excluding tert-OH is 1. The highest BCUT2D eigenvalue weighted by atomic mass is 32.2. The van der Waals surface area contributed by atoms with Crippen molar-refractivity contribution < 1.29 is 24.2 Å². The summed E-state index contributed by atoms with van der Waals surface area (Å²) in [6, 6.07) is -1.68. The van der Waals surface area contributed by atoms with E-state index >= 15 is 0 Å². The zero-order valence-electron chi connectivity index (χ0n) is 16.2. The lowest BCUT2D eigenvalue weighted by Crippen LogP contribution is -2.58. The molecule has 0 saturated carbocycles. The lowest BCUT2D eigenvalue weighted by Gasteiger charge is -2.35. The van der Waals surface area contributed by atoms with Gasteiger partial charge >= 0.3 is 5.97 Å². The van der Waals surface area contributed by atoms with Crippen LogP contribution in [0.5, 0.6) is 0 Å². The van der Waals surface area contributed by atoms with Crippen LogP contribution < -0.4 is 5.32 Å². The minimum atomic E-state index is -0.845. The number of hydrogen-bond acceptors (Lipinski definition) is 6. The SMILES string of the molecule is C=CC1C=CSC1C(=O)N[C@H](C(=O)N1C[C@H](O)C[C@H]1C(=O)OC)C(C)(C)C. The predicted molar refractivity (Wildman–Crippen MR) is 104 cm³/mol. The van der Waals surface area contributed by atoms with Gasteiger partial charge in [-0.2, -0.15) is 0 Å². The Kier molecular flexibility index (Phi) is 6.75. The van der Waals surface area contributed by atoms with Crippen LogP contribution in [-0.2, 0) is 19.1 Å². The first-order valence-electron chi connectivity index (χ1n) is 8.91. The van der Waals surface area contributed by atoms with Crippen molar-refractivity contribution in [2.75, 3.05) is 13.7 Å². The number of thioether (sulfide) groups is 1. The molecule has 7 nitrogen and oxygen atoms in total. The zero-order valence-corrected chi connectivity index (χ0v) is 17.0. The molecule has 27 heavy (non-hydrogen) atoms. The van der Waals surface area contributed by atoms with E-state index in [4.69, 9.17) is 4.74 Å². The van der Waals surface area contributed by atoms with Crippen LogP contribution >= 0.6 is 11.8 Å². The highest BCUT2D eigenvalue weighted by molar-refractivity contribution is 8.03. The quantitative estimate of drug-likeness (QED) is 0.533. The van der Waals surface area contributed by atoms with Gasteiger partial charge in [0.25, 0.3) is 0 Å². The number of ether oxygens (including phenoxy) is 1. The number of likely N-dealkylation sites (tertiary alicyclic amines) is 1. The molecular weight excluding hydrogens is 368 g/mol. The summed E-state index contributed by atoms with van der Waals surface area (Å²) in [4.78, 5) is 39.4. The molecule has 1 fully saturated rings. The molecule has 2 aliphatic rings. The topological polar surface area (TPSA) is 95.9 Å². The molecule has 5 atom stereocenters. The van der Waals surface area contributed by atoms with E-state index in [0.717, 1.165) is 0 Å². The van der Waals surface area contributed by atoms with E-state index in [9.17, 15) is 19.5 Å². The molecule has 0 bridgehead atoms. The summed E-state index contributed by atoms with van der Waals surface area (Å²) in [5, 5.41) is 14.3. The number of aliphatic hydroxyl groups is 1. The molecule has 0 aromatic rings. The lowest BCUT2D eigenvalue weighted by atomic mass is 9.85. The number of methoxy groups -OCH3 is 1. The van der Waals surface area contributed by atoms with E-state index in [1.807, 2.05) is 32.3 Å². The molecule has 2 rings (SSSR count). The molecule has 0 aromatic heterocycles. The second kappa shape index (κ2) is 8.48. The summed E-state index contributed by atoms with van der Waals surface area (Å²) in [7, 11) is 1.25. The van der Waals surface area contributed by atoms with Crippen molar-refractivity contribution in [2.45, 2.75) is 50.6 Å². The number of carbonyl (C=O) groups excluding carboxylic acids is 3. The number of nitrogens with one attached hydrogen (secondary N) is 1. The Morgan fingerprint density at radius 2 is 2.07 bits per heavy atom. The molecule has 8 heteroatoms. The standard InChI is InChI=1S/C19H28N2O5S/c1-6-11-7-8-27-14(11)16(23)20-15(19(2,3)4)17(24)21-10-12(22)9-13(21)18(25)26-5/h6-8,11-15,22H,1,9-10H2,2-5H3,(H,20,23)/t11?,12-,13+,14?,15-/m1/s1. The van der Waals surface area contributed by atoms with Crippen LogP contribution in [0.3, 0.4) is 0 Å². The van der Waals surface area contributed by atoms with Crippen LogP contribution in [0.4, 0.5) is 0 Å². The Morgan fingerprint density at radius 1 is 1.41 bits per heavy atom. The smallest absolute Gasteiger partial charge is 0.328 e. The molecule has 2 heterocycles. The van der Waals surface area contributed by atoms with Crippen molar-refractivity contribution in [3.05, 3.63) is 24.1 Å². The van der Waals surface area contributed by atoms with Crippen molar-refractivity contribution in [3.8, 4) is 0 Å². The van der Waals surface area contributed by atoms with Crippen molar-refractivity contribution in [3.63, 3.8) is 0 Å². The second-order valence-electron chi connectivity index (χ2n) is 7.92. The molecule has 0 aromatic carbocycles. The number of β-amino-alcohol motifs (C(OH)–C–C–N with tert-alkyl or cyclic N) is 1. The van der Waals surface area contributed by atoms with E-state index < -0.39 is 35.5 Å². The highest BCUT2D eigenvalue weighted by Gasteiger charge is 2.45. The third kappa shape index (κ3) is 4.73. The molecule has 2 amide bonds. The fourth-order valence-electron chi connectivity index (χ4n) is 3.31.